The summed E-state index contributed by atoms with van der Waals surface area (Å²) >= 11 is 5.95. The zero-order chi connectivity index (χ0) is 13.2. The summed E-state index contributed by atoms with van der Waals surface area (Å²) in [6.07, 6.45) is 2.07. The molecule has 1 aromatic heterocycles. The van der Waals surface area contributed by atoms with E-state index >= 15 is 0 Å². The molecule has 2 nitrogen and oxygen atoms in total. The van der Waals surface area contributed by atoms with Gasteiger partial charge in [-0.05, 0) is 36.4 Å². The molecule has 0 radical (unpaired) electrons. The number of aromatic nitrogens is 1. The minimum absolute atomic E-state index is 0.161. The second-order valence-corrected chi connectivity index (χ2v) is 5.00. The fourth-order valence-corrected chi connectivity index (χ4v) is 2.62. The van der Waals surface area contributed by atoms with Crippen molar-refractivity contribution in [2.75, 3.05) is 7.05 Å². The molecular weight excluding hydrogens is 256 g/mol. The lowest BCUT2D eigenvalue weighted by atomic mass is 9.98. The van der Waals surface area contributed by atoms with Gasteiger partial charge in [-0.25, -0.2) is 0 Å². The van der Waals surface area contributed by atoms with Gasteiger partial charge in [-0.15, -0.1) is 0 Å². The lowest BCUT2D eigenvalue weighted by molar-refractivity contribution is 0.697. The zero-order valence-corrected chi connectivity index (χ0v) is 11.4. The molecule has 1 atom stereocenters. The largest absolute Gasteiger partial charge is 0.361 e. The Balaban J connectivity index is 2.09. The van der Waals surface area contributed by atoms with Gasteiger partial charge in [-0.3, -0.25) is 0 Å². The van der Waals surface area contributed by atoms with Crippen LogP contribution in [0.1, 0.15) is 17.2 Å². The molecule has 0 saturated heterocycles. The average molecular weight is 271 g/mol. The number of benzene rings is 2. The van der Waals surface area contributed by atoms with Crippen LogP contribution in [0.4, 0.5) is 0 Å². The molecule has 1 unspecified atom stereocenters. The second kappa shape index (κ2) is 5.08. The van der Waals surface area contributed by atoms with Gasteiger partial charge in [0, 0.05) is 22.1 Å². The Morgan fingerprint density at radius 1 is 1.05 bits per heavy atom. The van der Waals surface area contributed by atoms with Crippen molar-refractivity contribution in [2.24, 2.45) is 0 Å². The van der Waals surface area contributed by atoms with E-state index in [0.717, 1.165) is 10.5 Å². The summed E-state index contributed by atoms with van der Waals surface area (Å²) in [6.45, 7) is 0. The van der Waals surface area contributed by atoms with E-state index < -0.39 is 0 Å². The van der Waals surface area contributed by atoms with Crippen molar-refractivity contribution in [1.29, 1.82) is 0 Å². The van der Waals surface area contributed by atoms with Crippen molar-refractivity contribution < 1.29 is 0 Å². The smallest absolute Gasteiger partial charge is 0.0595 e. The minimum atomic E-state index is 0.161. The van der Waals surface area contributed by atoms with Gasteiger partial charge in [0.2, 0.25) is 0 Å². The van der Waals surface area contributed by atoms with E-state index in [-0.39, 0.29) is 6.04 Å². The van der Waals surface area contributed by atoms with Gasteiger partial charge >= 0.3 is 0 Å². The Morgan fingerprint density at radius 2 is 1.79 bits per heavy atom. The Labute approximate surface area is 117 Å². The third kappa shape index (κ3) is 2.25. The summed E-state index contributed by atoms with van der Waals surface area (Å²) in [6, 6.07) is 16.5. The highest BCUT2D eigenvalue weighted by molar-refractivity contribution is 6.30. The van der Waals surface area contributed by atoms with Gasteiger partial charge in [0.15, 0.2) is 0 Å². The number of nitrogens with one attached hydrogen (secondary N) is 2. The van der Waals surface area contributed by atoms with E-state index in [1.807, 2.05) is 25.2 Å². The highest BCUT2D eigenvalue weighted by atomic mass is 35.5. The maximum absolute atomic E-state index is 5.95. The molecule has 0 aliphatic rings. The molecule has 2 aromatic carbocycles. The van der Waals surface area contributed by atoms with E-state index in [2.05, 4.69) is 46.8 Å². The molecule has 0 aliphatic heterocycles. The molecule has 0 saturated carbocycles. The van der Waals surface area contributed by atoms with E-state index in [1.54, 1.807) is 0 Å². The molecule has 0 fully saturated rings. The number of hydrogen-bond acceptors (Lipinski definition) is 1. The topological polar surface area (TPSA) is 27.8 Å². The van der Waals surface area contributed by atoms with Crippen LogP contribution in [0.5, 0.6) is 0 Å². The summed E-state index contributed by atoms with van der Waals surface area (Å²) in [7, 11) is 1.97. The quantitative estimate of drug-likeness (QED) is 0.736. The fourth-order valence-electron chi connectivity index (χ4n) is 2.49. The van der Waals surface area contributed by atoms with Gasteiger partial charge in [-0.2, -0.15) is 0 Å². The number of hydrogen-bond donors (Lipinski definition) is 2. The zero-order valence-electron chi connectivity index (χ0n) is 10.7. The van der Waals surface area contributed by atoms with Crippen LogP contribution in [0.3, 0.4) is 0 Å². The van der Waals surface area contributed by atoms with Gasteiger partial charge in [0.25, 0.3) is 0 Å². The molecule has 3 rings (SSSR count). The maximum atomic E-state index is 5.95. The van der Waals surface area contributed by atoms with Crippen molar-refractivity contribution in [1.82, 2.24) is 10.3 Å². The molecule has 1 heterocycles. The number of aromatic amines is 1. The minimum Gasteiger partial charge on any atom is -0.361 e. The van der Waals surface area contributed by atoms with Gasteiger partial charge < -0.3 is 10.3 Å². The molecule has 0 aliphatic carbocycles. The first kappa shape index (κ1) is 12.3. The predicted octanol–water partition coefficient (Wildman–Crippen LogP) is 4.13. The van der Waals surface area contributed by atoms with Crippen LogP contribution in [0.15, 0.2) is 54.7 Å². The molecule has 0 spiro atoms. The Hall–Kier alpha value is -1.77. The van der Waals surface area contributed by atoms with Crippen molar-refractivity contribution in [3.8, 4) is 0 Å². The molecule has 3 heteroatoms. The van der Waals surface area contributed by atoms with Crippen molar-refractivity contribution in [3.63, 3.8) is 0 Å². The summed E-state index contributed by atoms with van der Waals surface area (Å²) in [5, 5.41) is 5.38. The highest BCUT2D eigenvalue weighted by Crippen LogP contribution is 2.29. The predicted molar refractivity (Wildman–Crippen MR) is 80.7 cm³/mol. The van der Waals surface area contributed by atoms with E-state index in [0.29, 0.717) is 0 Å². The van der Waals surface area contributed by atoms with Crippen LogP contribution < -0.4 is 5.32 Å². The number of H-pyrrole nitrogens is 1. The lowest BCUT2D eigenvalue weighted by Crippen LogP contribution is -2.17. The summed E-state index contributed by atoms with van der Waals surface area (Å²) < 4.78 is 0. The summed E-state index contributed by atoms with van der Waals surface area (Å²) in [4.78, 5) is 3.32. The highest BCUT2D eigenvalue weighted by Gasteiger charge is 2.15. The van der Waals surface area contributed by atoms with E-state index in [1.165, 1.54) is 16.5 Å². The molecule has 2 N–H and O–H groups in total. The first-order valence-corrected chi connectivity index (χ1v) is 6.66. The number of halogens is 1. The van der Waals surface area contributed by atoms with Gasteiger partial charge in [0.1, 0.15) is 0 Å². The SMILES string of the molecule is CNC(c1ccc(Cl)cc1)c1c[nH]c2ccccc12. The van der Waals surface area contributed by atoms with Crippen LogP contribution in [0, 0.1) is 0 Å². The first-order chi connectivity index (χ1) is 9.29. The molecule has 0 amide bonds. The van der Waals surface area contributed by atoms with E-state index in [9.17, 15) is 0 Å². The Kier molecular flexibility index (Phi) is 3.28. The van der Waals surface area contributed by atoms with Crippen LogP contribution in [-0.2, 0) is 0 Å². The lowest BCUT2D eigenvalue weighted by Gasteiger charge is -2.16. The molecule has 3 aromatic rings. The maximum Gasteiger partial charge on any atom is 0.0595 e. The van der Waals surface area contributed by atoms with Crippen LogP contribution in [0.2, 0.25) is 5.02 Å². The van der Waals surface area contributed by atoms with Gasteiger partial charge in [-0.1, -0.05) is 41.9 Å². The van der Waals surface area contributed by atoms with Crippen LogP contribution >= 0.6 is 11.6 Å². The number of rotatable bonds is 3. The van der Waals surface area contributed by atoms with Gasteiger partial charge in [0.05, 0.1) is 6.04 Å². The summed E-state index contributed by atoms with van der Waals surface area (Å²) in [5.74, 6) is 0. The van der Waals surface area contributed by atoms with Crippen molar-refractivity contribution in [2.45, 2.75) is 6.04 Å². The molecule has 19 heavy (non-hydrogen) atoms. The number of para-hydroxylation sites is 1. The first-order valence-electron chi connectivity index (χ1n) is 6.28. The van der Waals surface area contributed by atoms with E-state index in [4.69, 9.17) is 11.6 Å². The normalized spacial score (nSPS) is 12.7. The van der Waals surface area contributed by atoms with Crippen molar-refractivity contribution >= 4 is 22.5 Å². The van der Waals surface area contributed by atoms with Crippen LogP contribution in [-0.4, -0.2) is 12.0 Å². The standard InChI is InChI=1S/C16H15ClN2/c1-18-16(11-6-8-12(17)9-7-11)14-10-19-15-5-3-2-4-13(14)15/h2-10,16,18-19H,1H3. The van der Waals surface area contributed by atoms with Crippen LogP contribution in [0.25, 0.3) is 10.9 Å². The Morgan fingerprint density at radius 3 is 2.53 bits per heavy atom. The number of fused-ring (bicyclic) bond motifs is 1. The second-order valence-electron chi connectivity index (χ2n) is 4.56. The molecule has 0 bridgehead atoms. The monoisotopic (exact) mass is 270 g/mol. The summed E-state index contributed by atoms with van der Waals surface area (Å²) in [5.41, 5.74) is 3.61. The average Bonchev–Trinajstić information content (AvgIpc) is 2.86. The van der Waals surface area contributed by atoms with Crippen molar-refractivity contribution in [3.05, 3.63) is 70.9 Å². The Bertz CT molecular complexity index is 685. The third-order valence-electron chi connectivity index (χ3n) is 3.42. The molecular formula is C16H15ClN2. The third-order valence-corrected chi connectivity index (χ3v) is 3.68. The fraction of sp³-hybridized carbons (Fsp3) is 0.125. The molecule has 96 valence electrons.